The van der Waals surface area contributed by atoms with E-state index in [0.29, 0.717) is 10.6 Å². The molecule has 0 unspecified atom stereocenters. The van der Waals surface area contributed by atoms with E-state index in [-0.39, 0.29) is 0 Å². The van der Waals surface area contributed by atoms with Crippen molar-refractivity contribution in [2.24, 2.45) is 0 Å². The summed E-state index contributed by atoms with van der Waals surface area (Å²) in [5.41, 5.74) is 1.62. The molecule has 0 aliphatic heterocycles. The predicted molar refractivity (Wildman–Crippen MR) is 64.3 cm³/mol. The summed E-state index contributed by atoms with van der Waals surface area (Å²) < 4.78 is 0. The molecular formula is C12H15ClN2. The Morgan fingerprint density at radius 3 is 2.60 bits per heavy atom. The molecule has 0 bridgehead atoms. The van der Waals surface area contributed by atoms with Crippen LogP contribution in [0.1, 0.15) is 25.8 Å². The zero-order valence-corrected chi connectivity index (χ0v) is 9.88. The molecule has 0 aromatic heterocycles. The second-order valence-corrected chi connectivity index (χ2v) is 3.76. The summed E-state index contributed by atoms with van der Waals surface area (Å²) in [6.45, 7) is 6.16. The van der Waals surface area contributed by atoms with Crippen molar-refractivity contribution in [1.82, 2.24) is 0 Å². The average Bonchev–Trinajstić information content (AvgIpc) is 2.26. The first-order valence-corrected chi connectivity index (χ1v) is 5.55. The van der Waals surface area contributed by atoms with Crippen molar-refractivity contribution in [2.75, 3.05) is 18.0 Å². The monoisotopic (exact) mass is 222 g/mol. The maximum absolute atomic E-state index is 8.73. The van der Waals surface area contributed by atoms with Crippen LogP contribution in [0.4, 0.5) is 5.69 Å². The lowest BCUT2D eigenvalue weighted by molar-refractivity contribution is 0.792. The van der Waals surface area contributed by atoms with E-state index in [9.17, 15) is 0 Å². The van der Waals surface area contributed by atoms with Crippen LogP contribution in [0.2, 0.25) is 5.02 Å². The number of hydrogen-bond acceptors (Lipinski definition) is 2. The van der Waals surface area contributed by atoms with Crippen molar-refractivity contribution < 1.29 is 0 Å². The molecule has 0 spiro atoms. The van der Waals surface area contributed by atoms with Crippen LogP contribution in [0.5, 0.6) is 0 Å². The Morgan fingerprint density at radius 2 is 2.13 bits per heavy atom. The molecule has 0 aliphatic rings. The molecule has 0 N–H and O–H groups in total. The Labute approximate surface area is 96.1 Å². The maximum atomic E-state index is 8.73. The zero-order chi connectivity index (χ0) is 11.3. The quantitative estimate of drug-likeness (QED) is 0.780. The van der Waals surface area contributed by atoms with Gasteiger partial charge in [-0.15, -0.1) is 0 Å². The highest BCUT2D eigenvalue weighted by atomic mass is 35.5. The van der Waals surface area contributed by atoms with Crippen LogP contribution < -0.4 is 4.90 Å². The summed E-state index contributed by atoms with van der Waals surface area (Å²) in [5, 5.41) is 9.39. The molecule has 2 nitrogen and oxygen atoms in total. The maximum Gasteiger partial charge on any atom is 0.0992 e. The molecule has 0 saturated heterocycles. The van der Waals surface area contributed by atoms with E-state index in [1.165, 1.54) is 0 Å². The Bertz CT molecular complexity index is 368. The van der Waals surface area contributed by atoms with Gasteiger partial charge in [0.1, 0.15) is 0 Å². The number of rotatable bonds is 4. The van der Waals surface area contributed by atoms with Gasteiger partial charge in [0.15, 0.2) is 0 Å². The van der Waals surface area contributed by atoms with Crippen molar-refractivity contribution >= 4 is 17.3 Å². The largest absolute Gasteiger partial charge is 0.371 e. The molecule has 0 fully saturated rings. The lowest BCUT2D eigenvalue weighted by Gasteiger charge is -2.23. The van der Waals surface area contributed by atoms with Gasteiger partial charge >= 0.3 is 0 Å². The van der Waals surface area contributed by atoms with Crippen LogP contribution in [-0.2, 0) is 0 Å². The molecule has 1 rings (SSSR count). The van der Waals surface area contributed by atoms with Crippen LogP contribution in [-0.4, -0.2) is 13.1 Å². The van der Waals surface area contributed by atoms with Crippen molar-refractivity contribution in [2.45, 2.75) is 20.3 Å². The van der Waals surface area contributed by atoms with Gasteiger partial charge in [-0.2, -0.15) is 5.26 Å². The first-order chi connectivity index (χ1) is 7.22. The molecule has 0 aliphatic carbocycles. The summed E-state index contributed by atoms with van der Waals surface area (Å²) >= 11 is 6.12. The van der Waals surface area contributed by atoms with E-state index in [4.69, 9.17) is 16.9 Å². The second-order valence-electron chi connectivity index (χ2n) is 3.36. The predicted octanol–water partition coefficient (Wildman–Crippen LogP) is 3.45. The van der Waals surface area contributed by atoms with Gasteiger partial charge in [-0.1, -0.05) is 18.5 Å². The third kappa shape index (κ3) is 2.87. The van der Waals surface area contributed by atoms with Crippen molar-refractivity contribution in [3.8, 4) is 6.07 Å². The highest BCUT2D eigenvalue weighted by Crippen LogP contribution is 2.26. The highest BCUT2D eigenvalue weighted by molar-refractivity contribution is 6.33. The molecule has 1 aromatic carbocycles. The third-order valence-electron chi connectivity index (χ3n) is 2.29. The fourth-order valence-corrected chi connectivity index (χ4v) is 1.85. The van der Waals surface area contributed by atoms with Gasteiger partial charge in [0.25, 0.3) is 0 Å². The topological polar surface area (TPSA) is 27.0 Å². The molecular weight excluding hydrogens is 208 g/mol. The molecule has 0 amide bonds. The van der Waals surface area contributed by atoms with Gasteiger partial charge in [0, 0.05) is 13.1 Å². The number of hydrogen-bond donors (Lipinski definition) is 0. The summed E-state index contributed by atoms with van der Waals surface area (Å²) in [4.78, 5) is 2.21. The minimum absolute atomic E-state index is 0.608. The van der Waals surface area contributed by atoms with Crippen LogP contribution >= 0.6 is 11.6 Å². The molecule has 0 saturated carbocycles. The van der Waals surface area contributed by atoms with Gasteiger partial charge in [-0.05, 0) is 31.5 Å². The normalized spacial score (nSPS) is 9.73. The van der Waals surface area contributed by atoms with Crippen LogP contribution in [0.3, 0.4) is 0 Å². The minimum atomic E-state index is 0.608. The Kier molecular flexibility index (Phi) is 4.45. The fourth-order valence-electron chi connectivity index (χ4n) is 1.55. The van der Waals surface area contributed by atoms with Crippen molar-refractivity contribution in [3.63, 3.8) is 0 Å². The summed E-state index contributed by atoms with van der Waals surface area (Å²) in [6.07, 6.45) is 1.09. The number of benzene rings is 1. The Morgan fingerprint density at radius 1 is 1.40 bits per heavy atom. The Hall–Kier alpha value is -1.20. The molecule has 15 heavy (non-hydrogen) atoms. The standard InChI is InChI=1S/C12H15ClN2/c1-3-7-15(4-2)12-6-5-10(9-14)8-11(12)13/h5-6,8H,3-4,7H2,1-2H3. The molecule has 1 aromatic rings. The van der Waals surface area contributed by atoms with Crippen molar-refractivity contribution in [1.29, 1.82) is 5.26 Å². The molecule has 0 heterocycles. The van der Waals surface area contributed by atoms with E-state index in [1.807, 2.05) is 6.07 Å². The van der Waals surface area contributed by atoms with Crippen LogP contribution in [0, 0.1) is 11.3 Å². The lowest BCUT2D eigenvalue weighted by atomic mass is 10.2. The first-order valence-electron chi connectivity index (χ1n) is 5.17. The number of anilines is 1. The smallest absolute Gasteiger partial charge is 0.0992 e. The molecule has 0 radical (unpaired) electrons. The molecule has 3 heteroatoms. The van der Waals surface area contributed by atoms with Gasteiger partial charge in [0.05, 0.1) is 22.3 Å². The summed E-state index contributed by atoms with van der Waals surface area (Å²) in [5.74, 6) is 0. The lowest BCUT2D eigenvalue weighted by Crippen LogP contribution is -2.23. The molecule has 0 atom stereocenters. The minimum Gasteiger partial charge on any atom is -0.371 e. The van der Waals surface area contributed by atoms with Gasteiger partial charge < -0.3 is 4.90 Å². The van der Waals surface area contributed by atoms with E-state index >= 15 is 0 Å². The van der Waals surface area contributed by atoms with Gasteiger partial charge in [-0.3, -0.25) is 0 Å². The van der Waals surface area contributed by atoms with E-state index in [2.05, 4.69) is 24.8 Å². The Balaban J connectivity index is 2.98. The fraction of sp³-hybridized carbons (Fsp3) is 0.417. The number of halogens is 1. The van der Waals surface area contributed by atoms with E-state index in [1.54, 1.807) is 12.1 Å². The average molecular weight is 223 g/mol. The third-order valence-corrected chi connectivity index (χ3v) is 2.60. The number of nitrogens with zero attached hydrogens (tertiary/aromatic N) is 2. The van der Waals surface area contributed by atoms with Crippen molar-refractivity contribution in [3.05, 3.63) is 28.8 Å². The molecule has 80 valence electrons. The summed E-state index contributed by atoms with van der Waals surface area (Å²) in [6, 6.07) is 7.52. The second kappa shape index (κ2) is 5.63. The summed E-state index contributed by atoms with van der Waals surface area (Å²) in [7, 11) is 0. The first kappa shape index (κ1) is 11.9. The SMILES string of the molecule is CCCN(CC)c1ccc(C#N)cc1Cl. The number of nitriles is 1. The van der Waals surface area contributed by atoms with Gasteiger partial charge in [0.2, 0.25) is 0 Å². The van der Waals surface area contributed by atoms with Gasteiger partial charge in [-0.25, -0.2) is 0 Å². The van der Waals surface area contributed by atoms with Crippen LogP contribution in [0.25, 0.3) is 0 Å². The van der Waals surface area contributed by atoms with E-state index < -0.39 is 0 Å². The highest BCUT2D eigenvalue weighted by Gasteiger charge is 2.08. The zero-order valence-electron chi connectivity index (χ0n) is 9.13. The van der Waals surface area contributed by atoms with Crippen LogP contribution in [0.15, 0.2) is 18.2 Å². The van der Waals surface area contributed by atoms with E-state index in [0.717, 1.165) is 25.2 Å².